The standard InChI is InChI=1S/C13H24N4O2/c1-5-14-11-15-8-10-9-16(6-7-17(10)11)12(18)19-13(2,3)4/h10H,5-9H2,1-4H3,(H,14,15). The van der Waals surface area contributed by atoms with E-state index in [4.69, 9.17) is 4.74 Å². The van der Waals surface area contributed by atoms with Gasteiger partial charge in [0.2, 0.25) is 0 Å². The van der Waals surface area contributed by atoms with Gasteiger partial charge in [0.25, 0.3) is 0 Å². The van der Waals surface area contributed by atoms with Gasteiger partial charge in [0.05, 0.1) is 12.6 Å². The van der Waals surface area contributed by atoms with E-state index >= 15 is 0 Å². The molecule has 0 aromatic carbocycles. The second-order valence-corrected chi connectivity index (χ2v) is 5.97. The molecule has 0 spiro atoms. The molecule has 2 heterocycles. The number of rotatable bonds is 1. The Morgan fingerprint density at radius 1 is 1.47 bits per heavy atom. The summed E-state index contributed by atoms with van der Waals surface area (Å²) in [6.07, 6.45) is -0.218. The van der Waals surface area contributed by atoms with E-state index in [2.05, 4.69) is 22.1 Å². The summed E-state index contributed by atoms with van der Waals surface area (Å²) in [5, 5.41) is 3.27. The molecule has 0 bridgehead atoms. The molecule has 2 aliphatic rings. The summed E-state index contributed by atoms with van der Waals surface area (Å²) in [6.45, 7) is 11.6. The van der Waals surface area contributed by atoms with Crippen molar-refractivity contribution in [1.29, 1.82) is 0 Å². The van der Waals surface area contributed by atoms with Crippen molar-refractivity contribution in [2.75, 3.05) is 32.7 Å². The van der Waals surface area contributed by atoms with Gasteiger partial charge in [-0.05, 0) is 27.7 Å². The topological polar surface area (TPSA) is 57.2 Å². The molecule has 0 aromatic rings. The molecule has 6 heteroatoms. The molecular weight excluding hydrogens is 244 g/mol. The van der Waals surface area contributed by atoms with Crippen LogP contribution in [-0.4, -0.2) is 66.2 Å². The minimum atomic E-state index is -0.435. The maximum atomic E-state index is 12.0. The van der Waals surface area contributed by atoms with Crippen LogP contribution in [0.15, 0.2) is 4.99 Å². The minimum absolute atomic E-state index is 0.218. The van der Waals surface area contributed by atoms with E-state index in [0.717, 1.165) is 25.6 Å². The first kappa shape index (κ1) is 14.0. The molecule has 2 aliphatic heterocycles. The molecule has 1 amide bonds. The lowest BCUT2D eigenvalue weighted by atomic mass is 10.2. The molecular formula is C13H24N4O2. The summed E-state index contributed by atoms with van der Waals surface area (Å²) in [7, 11) is 0. The molecule has 1 fully saturated rings. The van der Waals surface area contributed by atoms with Gasteiger partial charge in [-0.2, -0.15) is 0 Å². The number of nitrogens with zero attached hydrogens (tertiary/aromatic N) is 3. The van der Waals surface area contributed by atoms with E-state index < -0.39 is 5.60 Å². The maximum Gasteiger partial charge on any atom is 0.410 e. The molecule has 0 saturated carbocycles. The van der Waals surface area contributed by atoms with Crippen LogP contribution in [0.4, 0.5) is 4.79 Å². The zero-order valence-electron chi connectivity index (χ0n) is 12.3. The predicted octanol–water partition coefficient (Wildman–Crippen LogP) is 0.887. The summed E-state index contributed by atoms with van der Waals surface area (Å²) in [4.78, 5) is 20.6. The number of ether oxygens (including phenoxy) is 1. The molecule has 1 saturated heterocycles. The second-order valence-electron chi connectivity index (χ2n) is 5.97. The number of aliphatic imine (C=N–C) groups is 1. The Labute approximate surface area is 114 Å². The van der Waals surface area contributed by atoms with Crippen molar-refractivity contribution in [3.8, 4) is 0 Å². The second kappa shape index (κ2) is 5.27. The largest absolute Gasteiger partial charge is 0.444 e. The number of nitrogens with one attached hydrogen (secondary N) is 1. The van der Waals surface area contributed by atoms with Gasteiger partial charge in [0, 0.05) is 26.2 Å². The Morgan fingerprint density at radius 2 is 2.21 bits per heavy atom. The first-order valence-electron chi connectivity index (χ1n) is 6.93. The Bertz CT molecular complexity index is 375. The molecule has 6 nitrogen and oxygen atoms in total. The first-order chi connectivity index (χ1) is 8.90. The molecule has 108 valence electrons. The normalized spacial score (nSPS) is 22.9. The van der Waals surface area contributed by atoms with Gasteiger partial charge in [-0.25, -0.2) is 4.79 Å². The van der Waals surface area contributed by atoms with Crippen molar-refractivity contribution in [1.82, 2.24) is 15.1 Å². The third-order valence-electron chi connectivity index (χ3n) is 3.19. The fourth-order valence-electron chi connectivity index (χ4n) is 2.38. The van der Waals surface area contributed by atoms with Gasteiger partial charge in [-0.1, -0.05) is 0 Å². The fourth-order valence-corrected chi connectivity index (χ4v) is 2.38. The number of fused-ring (bicyclic) bond motifs is 1. The van der Waals surface area contributed by atoms with Gasteiger partial charge >= 0.3 is 6.09 Å². The molecule has 0 aliphatic carbocycles. The van der Waals surface area contributed by atoms with Gasteiger partial charge in [-0.3, -0.25) is 4.99 Å². The maximum absolute atomic E-state index is 12.0. The third kappa shape index (κ3) is 3.30. The van der Waals surface area contributed by atoms with E-state index in [-0.39, 0.29) is 12.1 Å². The fraction of sp³-hybridized carbons (Fsp3) is 0.846. The first-order valence-corrected chi connectivity index (χ1v) is 6.93. The molecule has 2 rings (SSSR count). The van der Waals surface area contributed by atoms with Crippen LogP contribution in [0.3, 0.4) is 0 Å². The number of amides is 1. The lowest BCUT2D eigenvalue weighted by Crippen LogP contribution is -2.57. The van der Waals surface area contributed by atoms with Gasteiger partial charge in [0.15, 0.2) is 5.96 Å². The summed E-state index contributed by atoms with van der Waals surface area (Å²) >= 11 is 0. The predicted molar refractivity (Wildman–Crippen MR) is 74.3 cm³/mol. The van der Waals surface area contributed by atoms with E-state index in [9.17, 15) is 4.79 Å². The van der Waals surface area contributed by atoms with Crippen LogP contribution in [0.2, 0.25) is 0 Å². The Morgan fingerprint density at radius 3 is 2.84 bits per heavy atom. The van der Waals surface area contributed by atoms with Gasteiger partial charge < -0.3 is 19.9 Å². The van der Waals surface area contributed by atoms with Crippen molar-refractivity contribution >= 4 is 12.1 Å². The van der Waals surface area contributed by atoms with Crippen LogP contribution in [0.1, 0.15) is 27.7 Å². The minimum Gasteiger partial charge on any atom is -0.444 e. The Balaban J connectivity index is 1.90. The van der Waals surface area contributed by atoms with E-state index in [1.165, 1.54) is 0 Å². The molecule has 0 aromatic heterocycles. The number of carbonyl (C=O) groups excluding carboxylic acids is 1. The molecule has 19 heavy (non-hydrogen) atoms. The van der Waals surface area contributed by atoms with Crippen molar-refractivity contribution in [3.63, 3.8) is 0 Å². The summed E-state index contributed by atoms with van der Waals surface area (Å²) < 4.78 is 5.42. The van der Waals surface area contributed by atoms with Gasteiger partial charge in [-0.15, -0.1) is 0 Å². The summed E-state index contributed by atoms with van der Waals surface area (Å²) in [6, 6.07) is 0.287. The van der Waals surface area contributed by atoms with E-state index in [1.54, 1.807) is 4.90 Å². The Kier molecular flexibility index (Phi) is 3.87. The van der Waals surface area contributed by atoms with Gasteiger partial charge in [0.1, 0.15) is 5.60 Å². The average Bonchev–Trinajstić information content (AvgIpc) is 2.70. The van der Waals surface area contributed by atoms with Crippen molar-refractivity contribution in [2.24, 2.45) is 4.99 Å². The smallest absolute Gasteiger partial charge is 0.410 e. The van der Waals surface area contributed by atoms with Crippen LogP contribution in [-0.2, 0) is 4.74 Å². The number of piperazine rings is 1. The number of carbonyl (C=O) groups is 1. The summed E-state index contributed by atoms with van der Waals surface area (Å²) in [5.74, 6) is 0.969. The molecule has 0 radical (unpaired) electrons. The highest BCUT2D eigenvalue weighted by Gasteiger charge is 2.36. The lowest BCUT2D eigenvalue weighted by Gasteiger charge is -2.39. The van der Waals surface area contributed by atoms with Crippen molar-refractivity contribution in [2.45, 2.75) is 39.3 Å². The zero-order chi connectivity index (χ0) is 14.0. The highest BCUT2D eigenvalue weighted by molar-refractivity contribution is 5.82. The molecule has 1 unspecified atom stereocenters. The zero-order valence-corrected chi connectivity index (χ0v) is 12.3. The SMILES string of the molecule is CCNC1=NCC2CN(C(=O)OC(C)(C)C)CCN12. The van der Waals surface area contributed by atoms with Crippen molar-refractivity contribution < 1.29 is 9.53 Å². The quantitative estimate of drug-likeness (QED) is 0.767. The van der Waals surface area contributed by atoms with Crippen LogP contribution in [0, 0.1) is 0 Å². The highest BCUT2D eigenvalue weighted by Crippen LogP contribution is 2.18. The monoisotopic (exact) mass is 268 g/mol. The number of hydrogen-bond acceptors (Lipinski definition) is 5. The lowest BCUT2D eigenvalue weighted by molar-refractivity contribution is 0.0137. The number of hydrogen-bond donors (Lipinski definition) is 1. The average molecular weight is 268 g/mol. The number of guanidine groups is 1. The molecule has 1 atom stereocenters. The van der Waals surface area contributed by atoms with E-state index in [1.807, 2.05) is 20.8 Å². The van der Waals surface area contributed by atoms with Crippen LogP contribution in [0.5, 0.6) is 0 Å². The van der Waals surface area contributed by atoms with Crippen molar-refractivity contribution in [3.05, 3.63) is 0 Å². The Hall–Kier alpha value is -1.46. The van der Waals surface area contributed by atoms with Crippen LogP contribution in [0.25, 0.3) is 0 Å². The van der Waals surface area contributed by atoms with E-state index in [0.29, 0.717) is 13.1 Å². The third-order valence-corrected chi connectivity index (χ3v) is 3.19. The van der Waals surface area contributed by atoms with Crippen LogP contribution >= 0.6 is 0 Å². The summed E-state index contributed by atoms with van der Waals surface area (Å²) in [5.41, 5.74) is -0.435. The van der Waals surface area contributed by atoms with Crippen LogP contribution < -0.4 is 5.32 Å². The molecule has 1 N–H and O–H groups in total. The highest BCUT2D eigenvalue weighted by atomic mass is 16.6.